The van der Waals surface area contributed by atoms with E-state index in [1.165, 1.54) is 26.2 Å². The average molecular weight is 362 g/mol. The fraction of sp³-hybridized carbons (Fsp3) is 0.353. The molecule has 1 N–H and O–H groups in total. The predicted octanol–water partition coefficient (Wildman–Crippen LogP) is 2.62. The molecule has 9 nitrogen and oxygen atoms in total. The van der Waals surface area contributed by atoms with Crippen molar-refractivity contribution >= 4 is 34.8 Å². The molecule has 1 aromatic carbocycles. The van der Waals surface area contributed by atoms with E-state index in [1.54, 1.807) is 12.1 Å². The Kier molecular flexibility index (Phi) is 4.70. The summed E-state index contributed by atoms with van der Waals surface area (Å²) in [7, 11) is 3.76. The van der Waals surface area contributed by atoms with Gasteiger partial charge in [0, 0.05) is 18.0 Å². The van der Waals surface area contributed by atoms with Gasteiger partial charge in [0.1, 0.15) is 5.69 Å². The Labute approximate surface area is 148 Å². The van der Waals surface area contributed by atoms with Crippen LogP contribution in [0.5, 0.6) is 5.75 Å². The number of aromatic nitrogens is 1. The van der Waals surface area contributed by atoms with Gasteiger partial charge in [-0.1, -0.05) is 0 Å². The van der Waals surface area contributed by atoms with Gasteiger partial charge in [-0.15, -0.1) is 0 Å². The molecule has 0 saturated heterocycles. The standard InChI is InChI=1S/C17H18N2O7/c1-23-15(20)11-7-10-9-5-4-6-19(16(21)24-2)12(9)8-13(14(10)18-11)26-17(22)25-3/h7-8,18H,4-6H2,1-3H3. The van der Waals surface area contributed by atoms with Crippen molar-refractivity contribution in [3.05, 3.63) is 23.4 Å². The Morgan fingerprint density at radius 2 is 1.85 bits per heavy atom. The van der Waals surface area contributed by atoms with Gasteiger partial charge >= 0.3 is 18.2 Å². The van der Waals surface area contributed by atoms with Crippen LogP contribution >= 0.6 is 0 Å². The van der Waals surface area contributed by atoms with Crippen LogP contribution in [0.4, 0.5) is 15.3 Å². The van der Waals surface area contributed by atoms with Crippen LogP contribution in [-0.4, -0.2) is 51.1 Å². The highest BCUT2D eigenvalue weighted by atomic mass is 16.7. The second-order valence-electron chi connectivity index (χ2n) is 5.62. The van der Waals surface area contributed by atoms with Gasteiger partial charge < -0.3 is 23.9 Å². The number of ether oxygens (including phenoxy) is 4. The summed E-state index contributed by atoms with van der Waals surface area (Å²) in [6.07, 6.45) is -0.0115. The van der Waals surface area contributed by atoms with Crippen molar-refractivity contribution in [3.63, 3.8) is 0 Å². The summed E-state index contributed by atoms with van der Waals surface area (Å²) >= 11 is 0. The molecule has 9 heteroatoms. The Bertz CT molecular complexity index is 887. The summed E-state index contributed by atoms with van der Waals surface area (Å²) in [4.78, 5) is 40.0. The number of amides is 1. The normalized spacial score (nSPS) is 13.1. The molecule has 0 radical (unpaired) electrons. The minimum absolute atomic E-state index is 0.136. The van der Waals surface area contributed by atoms with Gasteiger partial charge in [-0.2, -0.15) is 0 Å². The maximum absolute atomic E-state index is 12.1. The Hall–Kier alpha value is -3.23. The molecule has 26 heavy (non-hydrogen) atoms. The van der Waals surface area contributed by atoms with E-state index in [2.05, 4.69) is 9.72 Å². The van der Waals surface area contributed by atoms with Crippen LogP contribution in [0.3, 0.4) is 0 Å². The smallest absolute Gasteiger partial charge is 0.464 e. The van der Waals surface area contributed by atoms with Crippen LogP contribution in [0.2, 0.25) is 0 Å². The van der Waals surface area contributed by atoms with Crippen molar-refractivity contribution in [2.45, 2.75) is 12.8 Å². The zero-order chi connectivity index (χ0) is 18.8. The number of carbonyl (C=O) groups excluding carboxylic acids is 3. The number of esters is 1. The van der Waals surface area contributed by atoms with Crippen molar-refractivity contribution in [2.24, 2.45) is 0 Å². The third-order valence-corrected chi connectivity index (χ3v) is 4.23. The molecule has 2 heterocycles. The summed E-state index contributed by atoms with van der Waals surface area (Å²) in [6, 6.07) is 3.17. The second-order valence-corrected chi connectivity index (χ2v) is 5.62. The number of nitrogens with one attached hydrogen (secondary N) is 1. The molecule has 3 rings (SSSR count). The third-order valence-electron chi connectivity index (χ3n) is 4.23. The molecule has 2 aromatic rings. The van der Waals surface area contributed by atoms with E-state index in [0.717, 1.165) is 12.0 Å². The molecular formula is C17H18N2O7. The molecule has 0 spiro atoms. The highest BCUT2D eigenvalue weighted by Gasteiger charge is 2.28. The molecule has 1 aliphatic heterocycles. The van der Waals surface area contributed by atoms with Gasteiger partial charge in [-0.05, 0) is 24.5 Å². The topological polar surface area (TPSA) is 107 Å². The highest BCUT2D eigenvalue weighted by Crippen LogP contribution is 2.40. The minimum atomic E-state index is -0.916. The summed E-state index contributed by atoms with van der Waals surface area (Å²) in [5.41, 5.74) is 2.06. The summed E-state index contributed by atoms with van der Waals surface area (Å²) < 4.78 is 19.3. The van der Waals surface area contributed by atoms with E-state index < -0.39 is 18.2 Å². The van der Waals surface area contributed by atoms with E-state index in [0.29, 0.717) is 29.6 Å². The molecular weight excluding hydrogens is 344 g/mol. The first-order valence-electron chi connectivity index (χ1n) is 7.88. The van der Waals surface area contributed by atoms with Gasteiger partial charge in [-0.3, -0.25) is 4.90 Å². The first kappa shape index (κ1) is 17.6. The summed E-state index contributed by atoms with van der Waals surface area (Å²) in [5.74, 6) is -0.420. The summed E-state index contributed by atoms with van der Waals surface area (Å²) in [5, 5.41) is 0.662. The number of aromatic amines is 1. The van der Waals surface area contributed by atoms with Crippen LogP contribution in [-0.2, 0) is 20.6 Å². The fourth-order valence-corrected chi connectivity index (χ4v) is 3.08. The van der Waals surface area contributed by atoms with Crippen molar-refractivity contribution < 1.29 is 33.3 Å². The van der Waals surface area contributed by atoms with E-state index in [-0.39, 0.29) is 11.4 Å². The largest absolute Gasteiger partial charge is 0.513 e. The second kappa shape index (κ2) is 6.95. The Balaban J connectivity index is 2.23. The van der Waals surface area contributed by atoms with Gasteiger partial charge in [0.25, 0.3) is 0 Å². The number of carbonyl (C=O) groups is 3. The molecule has 0 unspecified atom stereocenters. The van der Waals surface area contributed by atoms with Crippen molar-refractivity contribution in [3.8, 4) is 5.75 Å². The number of anilines is 1. The number of hydrogen-bond acceptors (Lipinski definition) is 7. The number of nitrogens with zero attached hydrogens (tertiary/aromatic N) is 1. The highest BCUT2D eigenvalue weighted by molar-refractivity contribution is 6.03. The van der Waals surface area contributed by atoms with E-state index in [4.69, 9.17) is 14.2 Å². The maximum atomic E-state index is 12.1. The van der Waals surface area contributed by atoms with Crippen molar-refractivity contribution in [1.82, 2.24) is 4.98 Å². The van der Waals surface area contributed by atoms with E-state index in [1.807, 2.05) is 0 Å². The molecule has 0 bridgehead atoms. The number of hydrogen-bond donors (Lipinski definition) is 1. The lowest BCUT2D eigenvalue weighted by Gasteiger charge is -2.29. The monoisotopic (exact) mass is 362 g/mol. The molecule has 0 aliphatic carbocycles. The lowest BCUT2D eigenvalue weighted by molar-refractivity contribution is 0.0595. The summed E-state index contributed by atoms with van der Waals surface area (Å²) in [6.45, 7) is 0.469. The quantitative estimate of drug-likeness (QED) is 0.497. The van der Waals surface area contributed by atoms with E-state index in [9.17, 15) is 14.4 Å². The first-order valence-corrected chi connectivity index (χ1v) is 7.88. The molecule has 0 fully saturated rings. The van der Waals surface area contributed by atoms with Crippen LogP contribution in [0, 0.1) is 0 Å². The molecule has 1 aromatic heterocycles. The van der Waals surface area contributed by atoms with Crippen molar-refractivity contribution in [2.75, 3.05) is 32.8 Å². The molecule has 138 valence electrons. The van der Waals surface area contributed by atoms with Gasteiger partial charge in [0.2, 0.25) is 0 Å². The third kappa shape index (κ3) is 2.92. The molecule has 1 amide bonds. The number of H-pyrrole nitrogens is 1. The van der Waals surface area contributed by atoms with E-state index >= 15 is 0 Å². The molecule has 0 saturated carbocycles. The maximum Gasteiger partial charge on any atom is 0.513 e. The lowest BCUT2D eigenvalue weighted by Crippen LogP contribution is -2.35. The molecule has 1 aliphatic rings. The molecule has 0 atom stereocenters. The van der Waals surface area contributed by atoms with Gasteiger partial charge in [-0.25, -0.2) is 14.4 Å². The van der Waals surface area contributed by atoms with Crippen LogP contribution in [0.25, 0.3) is 10.9 Å². The number of rotatable bonds is 2. The SMILES string of the molecule is COC(=O)Oc1cc2c(c3cc(C(=O)OC)[nH]c13)CCCN2C(=O)OC. The number of aryl methyl sites for hydroxylation is 1. The van der Waals surface area contributed by atoms with Crippen LogP contribution < -0.4 is 9.64 Å². The van der Waals surface area contributed by atoms with Crippen molar-refractivity contribution in [1.29, 1.82) is 0 Å². The van der Waals surface area contributed by atoms with Gasteiger partial charge in [0.05, 0.1) is 32.5 Å². The Morgan fingerprint density at radius 1 is 1.08 bits per heavy atom. The Morgan fingerprint density at radius 3 is 2.50 bits per heavy atom. The van der Waals surface area contributed by atoms with Gasteiger partial charge in [0.15, 0.2) is 5.75 Å². The predicted molar refractivity (Wildman–Crippen MR) is 90.7 cm³/mol. The fourth-order valence-electron chi connectivity index (χ4n) is 3.08. The lowest BCUT2D eigenvalue weighted by atomic mass is 9.97. The zero-order valence-electron chi connectivity index (χ0n) is 14.6. The minimum Gasteiger partial charge on any atom is -0.464 e. The van der Waals surface area contributed by atoms with Crippen LogP contribution in [0.1, 0.15) is 22.5 Å². The number of methoxy groups -OCH3 is 3. The first-order chi connectivity index (χ1) is 12.5. The zero-order valence-corrected chi connectivity index (χ0v) is 14.6. The van der Waals surface area contributed by atoms with Crippen LogP contribution in [0.15, 0.2) is 12.1 Å². The average Bonchev–Trinajstić information content (AvgIpc) is 3.12. The number of fused-ring (bicyclic) bond motifs is 3. The number of benzene rings is 1.